The highest BCUT2D eigenvalue weighted by Crippen LogP contribution is 2.31. The second kappa shape index (κ2) is 6.50. The largest absolute Gasteiger partial charge is 0.354 e. The standard InChI is InChI=1S/C12H24N2OS/c1-4-5-12(6-7-13-9-12)11(15)14-8-10(2)16-3/h10,13H,4-9H2,1-3H3,(H,14,15). The quantitative estimate of drug-likeness (QED) is 0.746. The fourth-order valence-electron chi connectivity index (χ4n) is 2.25. The Bertz CT molecular complexity index is 227. The minimum atomic E-state index is -0.132. The van der Waals surface area contributed by atoms with E-state index in [0.717, 1.165) is 38.9 Å². The number of carbonyl (C=O) groups excluding carboxylic acids is 1. The first-order valence-corrected chi connectivity index (χ1v) is 7.45. The predicted octanol–water partition coefficient (Wildman–Crippen LogP) is 1.63. The van der Waals surface area contributed by atoms with Gasteiger partial charge in [-0.25, -0.2) is 0 Å². The van der Waals surface area contributed by atoms with E-state index < -0.39 is 0 Å². The lowest BCUT2D eigenvalue weighted by Gasteiger charge is -2.27. The molecule has 0 saturated carbocycles. The molecule has 16 heavy (non-hydrogen) atoms. The number of rotatable bonds is 6. The Labute approximate surface area is 103 Å². The zero-order chi connectivity index (χ0) is 12.0. The third-order valence-corrected chi connectivity index (χ3v) is 4.38. The van der Waals surface area contributed by atoms with Crippen LogP contribution < -0.4 is 10.6 Å². The molecule has 1 rings (SSSR count). The van der Waals surface area contributed by atoms with Crippen LogP contribution >= 0.6 is 11.8 Å². The van der Waals surface area contributed by atoms with Crippen molar-refractivity contribution in [3.63, 3.8) is 0 Å². The molecule has 0 aliphatic carbocycles. The summed E-state index contributed by atoms with van der Waals surface area (Å²) in [5.74, 6) is 0.250. The summed E-state index contributed by atoms with van der Waals surface area (Å²) in [6.07, 6.45) is 5.14. The highest BCUT2D eigenvalue weighted by Gasteiger charge is 2.39. The van der Waals surface area contributed by atoms with Crippen LogP contribution in [0.1, 0.15) is 33.1 Å². The molecule has 1 aliphatic heterocycles. The summed E-state index contributed by atoms with van der Waals surface area (Å²) in [6, 6.07) is 0. The summed E-state index contributed by atoms with van der Waals surface area (Å²) in [6.45, 7) is 6.90. The van der Waals surface area contributed by atoms with Crippen molar-refractivity contribution in [1.29, 1.82) is 0 Å². The maximum absolute atomic E-state index is 12.2. The Morgan fingerprint density at radius 3 is 2.88 bits per heavy atom. The summed E-state index contributed by atoms with van der Waals surface area (Å²) in [5, 5.41) is 6.91. The van der Waals surface area contributed by atoms with Crippen molar-refractivity contribution in [3.8, 4) is 0 Å². The van der Waals surface area contributed by atoms with Gasteiger partial charge < -0.3 is 10.6 Å². The van der Waals surface area contributed by atoms with Crippen LogP contribution in [-0.2, 0) is 4.79 Å². The lowest BCUT2D eigenvalue weighted by molar-refractivity contribution is -0.130. The second-order valence-corrected chi connectivity index (χ2v) is 5.99. The minimum absolute atomic E-state index is 0.132. The van der Waals surface area contributed by atoms with Gasteiger partial charge in [-0.15, -0.1) is 0 Å². The minimum Gasteiger partial charge on any atom is -0.354 e. The first-order valence-electron chi connectivity index (χ1n) is 6.16. The molecule has 1 fully saturated rings. The van der Waals surface area contributed by atoms with Crippen molar-refractivity contribution in [2.75, 3.05) is 25.9 Å². The Balaban J connectivity index is 2.48. The van der Waals surface area contributed by atoms with Gasteiger partial charge in [-0.1, -0.05) is 20.3 Å². The van der Waals surface area contributed by atoms with Gasteiger partial charge in [0.25, 0.3) is 0 Å². The van der Waals surface area contributed by atoms with Gasteiger partial charge in [-0.05, 0) is 25.6 Å². The van der Waals surface area contributed by atoms with Crippen LogP contribution in [0, 0.1) is 5.41 Å². The van der Waals surface area contributed by atoms with E-state index in [1.807, 2.05) is 0 Å². The third kappa shape index (κ3) is 3.39. The van der Waals surface area contributed by atoms with E-state index in [1.54, 1.807) is 11.8 Å². The average molecular weight is 244 g/mol. The van der Waals surface area contributed by atoms with Crippen LogP contribution in [0.25, 0.3) is 0 Å². The average Bonchev–Trinajstić information content (AvgIpc) is 2.75. The molecular formula is C12H24N2OS. The van der Waals surface area contributed by atoms with Crippen LogP contribution in [0.15, 0.2) is 0 Å². The van der Waals surface area contributed by atoms with Crippen molar-refractivity contribution >= 4 is 17.7 Å². The summed E-state index contributed by atoms with van der Waals surface area (Å²) in [4.78, 5) is 12.2. The lowest BCUT2D eigenvalue weighted by Crippen LogP contribution is -2.44. The molecule has 0 bridgehead atoms. The summed E-state index contributed by atoms with van der Waals surface area (Å²) < 4.78 is 0. The normalized spacial score (nSPS) is 26.7. The second-order valence-electron chi connectivity index (χ2n) is 4.71. The Morgan fingerprint density at radius 2 is 2.38 bits per heavy atom. The van der Waals surface area contributed by atoms with Crippen LogP contribution in [0.4, 0.5) is 0 Å². The monoisotopic (exact) mass is 244 g/mol. The molecule has 1 heterocycles. The molecule has 0 aromatic rings. The maximum atomic E-state index is 12.2. The van der Waals surface area contributed by atoms with E-state index in [-0.39, 0.29) is 11.3 Å². The number of amides is 1. The molecule has 94 valence electrons. The molecule has 1 amide bonds. The van der Waals surface area contributed by atoms with Gasteiger partial charge in [-0.2, -0.15) is 11.8 Å². The van der Waals surface area contributed by atoms with Crippen LogP contribution in [-0.4, -0.2) is 37.0 Å². The van der Waals surface area contributed by atoms with Crippen LogP contribution in [0.5, 0.6) is 0 Å². The van der Waals surface area contributed by atoms with Crippen LogP contribution in [0.2, 0.25) is 0 Å². The first-order chi connectivity index (χ1) is 7.64. The van der Waals surface area contributed by atoms with Crippen molar-refractivity contribution in [3.05, 3.63) is 0 Å². The number of carbonyl (C=O) groups is 1. The van der Waals surface area contributed by atoms with Gasteiger partial charge >= 0.3 is 0 Å². The zero-order valence-electron chi connectivity index (χ0n) is 10.6. The summed E-state index contributed by atoms with van der Waals surface area (Å²) in [5.41, 5.74) is -0.132. The van der Waals surface area contributed by atoms with Crippen molar-refractivity contribution in [1.82, 2.24) is 10.6 Å². The molecule has 2 unspecified atom stereocenters. The van der Waals surface area contributed by atoms with E-state index in [4.69, 9.17) is 0 Å². The fraction of sp³-hybridized carbons (Fsp3) is 0.917. The van der Waals surface area contributed by atoms with Gasteiger partial charge in [0.1, 0.15) is 0 Å². The smallest absolute Gasteiger partial charge is 0.227 e. The molecule has 1 saturated heterocycles. The first kappa shape index (κ1) is 13.8. The zero-order valence-corrected chi connectivity index (χ0v) is 11.5. The number of nitrogens with one attached hydrogen (secondary N) is 2. The van der Waals surface area contributed by atoms with Gasteiger partial charge in [0.05, 0.1) is 5.41 Å². The topological polar surface area (TPSA) is 41.1 Å². The molecule has 0 radical (unpaired) electrons. The van der Waals surface area contributed by atoms with Gasteiger partial charge in [0.15, 0.2) is 0 Å². The van der Waals surface area contributed by atoms with E-state index in [0.29, 0.717) is 5.25 Å². The van der Waals surface area contributed by atoms with Gasteiger partial charge in [-0.3, -0.25) is 4.79 Å². The summed E-state index contributed by atoms with van der Waals surface area (Å²) >= 11 is 1.79. The molecule has 4 heteroatoms. The molecule has 0 aromatic heterocycles. The highest BCUT2D eigenvalue weighted by atomic mass is 32.2. The molecule has 0 spiro atoms. The Hall–Kier alpha value is -0.220. The SMILES string of the molecule is CCCC1(C(=O)NCC(C)SC)CCNC1. The van der Waals surface area contributed by atoms with Crippen molar-refractivity contribution < 1.29 is 4.79 Å². The van der Waals surface area contributed by atoms with E-state index >= 15 is 0 Å². The third-order valence-electron chi connectivity index (χ3n) is 3.41. The van der Waals surface area contributed by atoms with Gasteiger partial charge in [0, 0.05) is 18.3 Å². The number of hydrogen-bond acceptors (Lipinski definition) is 3. The molecule has 1 aliphatic rings. The maximum Gasteiger partial charge on any atom is 0.227 e. The molecule has 2 N–H and O–H groups in total. The Morgan fingerprint density at radius 1 is 1.62 bits per heavy atom. The number of hydrogen-bond donors (Lipinski definition) is 2. The molecule has 2 atom stereocenters. The van der Waals surface area contributed by atoms with Crippen molar-refractivity contribution in [2.24, 2.45) is 5.41 Å². The van der Waals surface area contributed by atoms with E-state index in [2.05, 4.69) is 30.7 Å². The Kier molecular flexibility index (Phi) is 5.62. The fourth-order valence-corrected chi connectivity index (χ4v) is 2.50. The molecule has 0 aromatic carbocycles. The summed E-state index contributed by atoms with van der Waals surface area (Å²) in [7, 11) is 0. The lowest BCUT2D eigenvalue weighted by atomic mass is 9.81. The number of thioether (sulfide) groups is 1. The van der Waals surface area contributed by atoms with Gasteiger partial charge in [0.2, 0.25) is 5.91 Å². The highest BCUT2D eigenvalue weighted by molar-refractivity contribution is 7.99. The van der Waals surface area contributed by atoms with Crippen molar-refractivity contribution in [2.45, 2.75) is 38.4 Å². The van der Waals surface area contributed by atoms with E-state index in [1.165, 1.54) is 0 Å². The van der Waals surface area contributed by atoms with Crippen LogP contribution in [0.3, 0.4) is 0 Å². The van der Waals surface area contributed by atoms with E-state index in [9.17, 15) is 4.79 Å². The molecule has 3 nitrogen and oxygen atoms in total. The predicted molar refractivity (Wildman–Crippen MR) is 70.8 cm³/mol. The molecular weight excluding hydrogens is 220 g/mol.